The summed E-state index contributed by atoms with van der Waals surface area (Å²) in [7, 11) is 0. The first-order chi connectivity index (χ1) is 9.29. The largest absolute Gasteiger partial charge is 0.493 e. The topological polar surface area (TPSA) is 72.6 Å². The zero-order chi connectivity index (χ0) is 14.9. The highest BCUT2D eigenvalue weighted by molar-refractivity contribution is 5.91. The Morgan fingerprint density at radius 2 is 1.85 bits per heavy atom. The van der Waals surface area contributed by atoms with Crippen LogP contribution in [0.5, 0.6) is 0 Å². The first-order valence-corrected chi connectivity index (χ1v) is 5.79. The SMILES string of the molecule is NC(=O)N(OC(=O)C(F)(F)F)c1ccc2c(c1)CCC2. The Balaban J connectivity index is 2.25. The second-order valence-corrected chi connectivity index (χ2v) is 4.32. The number of benzene rings is 1. The molecule has 2 amide bonds. The van der Waals surface area contributed by atoms with Crippen molar-refractivity contribution in [3.8, 4) is 0 Å². The Kier molecular flexibility index (Phi) is 3.56. The van der Waals surface area contributed by atoms with Crippen molar-refractivity contribution in [3.63, 3.8) is 0 Å². The number of nitrogens with two attached hydrogens (primary N) is 1. The molecule has 8 heteroatoms. The summed E-state index contributed by atoms with van der Waals surface area (Å²) in [5, 5.41) is 0.147. The molecular weight excluding hydrogens is 277 g/mol. The van der Waals surface area contributed by atoms with Crippen molar-refractivity contribution >= 4 is 17.7 Å². The smallest absolute Gasteiger partial charge is 0.349 e. The third-order valence-electron chi connectivity index (χ3n) is 2.92. The number of hydrogen-bond acceptors (Lipinski definition) is 3. The van der Waals surface area contributed by atoms with E-state index in [-0.39, 0.29) is 10.8 Å². The number of hydrogen-bond donors (Lipinski definition) is 1. The van der Waals surface area contributed by atoms with Gasteiger partial charge in [-0.3, -0.25) is 0 Å². The number of halogens is 3. The minimum absolute atomic E-state index is 0.00394. The summed E-state index contributed by atoms with van der Waals surface area (Å²) >= 11 is 0. The fourth-order valence-electron chi connectivity index (χ4n) is 2.04. The molecule has 0 saturated heterocycles. The molecule has 0 aromatic heterocycles. The summed E-state index contributed by atoms with van der Waals surface area (Å²) in [5.74, 6) is -2.50. The summed E-state index contributed by atoms with van der Waals surface area (Å²) in [6, 6.07) is 3.25. The third kappa shape index (κ3) is 2.84. The molecule has 2 N–H and O–H groups in total. The molecule has 0 fully saturated rings. The van der Waals surface area contributed by atoms with Gasteiger partial charge in [0.05, 0.1) is 5.69 Å². The molecule has 5 nitrogen and oxygen atoms in total. The van der Waals surface area contributed by atoms with Crippen LogP contribution in [0, 0.1) is 0 Å². The molecule has 2 rings (SSSR count). The van der Waals surface area contributed by atoms with Gasteiger partial charge in [-0.05, 0) is 42.5 Å². The van der Waals surface area contributed by atoms with E-state index in [0.29, 0.717) is 0 Å². The molecule has 0 atom stereocenters. The van der Waals surface area contributed by atoms with E-state index in [4.69, 9.17) is 5.73 Å². The quantitative estimate of drug-likeness (QED) is 0.804. The van der Waals surface area contributed by atoms with Gasteiger partial charge in [0.2, 0.25) is 0 Å². The summed E-state index contributed by atoms with van der Waals surface area (Å²) < 4.78 is 36.5. The highest BCUT2D eigenvalue weighted by Crippen LogP contribution is 2.28. The minimum atomic E-state index is -5.20. The maximum atomic E-state index is 12.2. The van der Waals surface area contributed by atoms with E-state index >= 15 is 0 Å². The van der Waals surface area contributed by atoms with E-state index < -0.39 is 18.2 Å². The van der Waals surface area contributed by atoms with Crippen LogP contribution in [0.2, 0.25) is 0 Å². The fourth-order valence-corrected chi connectivity index (χ4v) is 2.04. The second kappa shape index (κ2) is 5.03. The van der Waals surface area contributed by atoms with E-state index in [9.17, 15) is 22.8 Å². The molecule has 20 heavy (non-hydrogen) atoms. The van der Waals surface area contributed by atoms with Crippen molar-refractivity contribution in [2.75, 3.05) is 5.06 Å². The normalized spacial score (nSPS) is 13.8. The lowest BCUT2D eigenvalue weighted by atomic mass is 10.1. The Labute approximate surface area is 112 Å². The molecule has 0 radical (unpaired) electrons. The van der Waals surface area contributed by atoms with E-state index in [1.165, 1.54) is 12.1 Å². The molecule has 108 valence electrons. The number of amides is 2. The van der Waals surface area contributed by atoms with Gasteiger partial charge < -0.3 is 10.6 Å². The molecule has 1 aliphatic rings. The zero-order valence-corrected chi connectivity index (χ0v) is 10.2. The van der Waals surface area contributed by atoms with E-state index in [1.807, 2.05) is 0 Å². The summed E-state index contributed by atoms with van der Waals surface area (Å²) in [5.41, 5.74) is 6.90. The Morgan fingerprint density at radius 3 is 2.45 bits per heavy atom. The molecule has 1 aromatic rings. The van der Waals surface area contributed by atoms with Gasteiger partial charge in [0.25, 0.3) is 0 Å². The van der Waals surface area contributed by atoms with E-state index in [0.717, 1.165) is 30.4 Å². The Morgan fingerprint density at radius 1 is 1.20 bits per heavy atom. The van der Waals surface area contributed by atoms with Crippen LogP contribution in [-0.4, -0.2) is 18.2 Å². The van der Waals surface area contributed by atoms with Crippen LogP contribution in [-0.2, 0) is 22.5 Å². The van der Waals surface area contributed by atoms with Crippen molar-refractivity contribution in [2.24, 2.45) is 5.73 Å². The average Bonchev–Trinajstić information content (AvgIpc) is 2.80. The molecule has 1 aromatic carbocycles. The van der Waals surface area contributed by atoms with E-state index in [1.54, 1.807) is 6.07 Å². The summed E-state index contributed by atoms with van der Waals surface area (Å²) in [4.78, 5) is 26.0. The molecular formula is C12H11F3N2O3. The Hall–Kier alpha value is -2.25. The first-order valence-electron chi connectivity index (χ1n) is 5.79. The van der Waals surface area contributed by atoms with Crippen LogP contribution in [0.15, 0.2) is 18.2 Å². The number of carbonyl (C=O) groups excluding carboxylic acids is 2. The second-order valence-electron chi connectivity index (χ2n) is 4.32. The molecule has 0 spiro atoms. The lowest BCUT2D eigenvalue weighted by Gasteiger charge is -2.20. The summed E-state index contributed by atoms with van der Waals surface area (Å²) in [6.07, 6.45) is -2.65. The van der Waals surface area contributed by atoms with Gasteiger partial charge in [-0.1, -0.05) is 6.07 Å². The lowest BCUT2D eigenvalue weighted by molar-refractivity contribution is -0.199. The standard InChI is InChI=1S/C12H11F3N2O3/c13-12(14,15)10(18)20-17(11(16)19)9-5-4-7-2-1-3-8(7)6-9/h4-6H,1-3H2,(H2,16,19). The third-order valence-corrected chi connectivity index (χ3v) is 2.92. The van der Waals surface area contributed by atoms with Crippen molar-refractivity contribution in [3.05, 3.63) is 29.3 Å². The van der Waals surface area contributed by atoms with Gasteiger partial charge in [0.1, 0.15) is 0 Å². The highest BCUT2D eigenvalue weighted by Gasteiger charge is 2.43. The molecule has 0 saturated carbocycles. The number of aryl methyl sites for hydroxylation is 2. The van der Waals surface area contributed by atoms with Crippen LogP contribution in [0.1, 0.15) is 17.5 Å². The number of rotatable bonds is 1. The number of alkyl halides is 3. The lowest BCUT2D eigenvalue weighted by Crippen LogP contribution is -2.41. The van der Waals surface area contributed by atoms with Gasteiger partial charge in [0, 0.05) is 0 Å². The number of fused-ring (bicyclic) bond motifs is 1. The van der Waals surface area contributed by atoms with Crippen molar-refractivity contribution in [1.82, 2.24) is 0 Å². The number of primary amides is 1. The van der Waals surface area contributed by atoms with Crippen LogP contribution in [0.4, 0.5) is 23.7 Å². The molecule has 1 aliphatic carbocycles. The number of hydroxylamine groups is 1. The molecule has 0 aliphatic heterocycles. The number of anilines is 1. The van der Waals surface area contributed by atoms with Crippen molar-refractivity contribution in [2.45, 2.75) is 25.4 Å². The molecule has 0 unspecified atom stereocenters. The number of nitrogens with zero attached hydrogens (tertiary/aromatic N) is 1. The van der Waals surface area contributed by atoms with Crippen molar-refractivity contribution in [1.29, 1.82) is 0 Å². The van der Waals surface area contributed by atoms with Crippen LogP contribution in [0.3, 0.4) is 0 Å². The van der Waals surface area contributed by atoms with Crippen molar-refractivity contribution < 1.29 is 27.6 Å². The maximum absolute atomic E-state index is 12.2. The van der Waals surface area contributed by atoms with E-state index in [2.05, 4.69) is 4.84 Å². The maximum Gasteiger partial charge on any atom is 0.493 e. The first kappa shape index (κ1) is 14.2. The minimum Gasteiger partial charge on any atom is -0.349 e. The number of urea groups is 1. The Bertz CT molecular complexity index is 557. The predicted octanol–water partition coefficient (Wildman–Crippen LogP) is 2.08. The predicted molar refractivity (Wildman–Crippen MR) is 62.7 cm³/mol. The van der Waals surface area contributed by atoms with Crippen LogP contribution >= 0.6 is 0 Å². The van der Waals surface area contributed by atoms with Crippen LogP contribution < -0.4 is 10.8 Å². The van der Waals surface area contributed by atoms with Gasteiger partial charge >= 0.3 is 18.2 Å². The molecule has 0 heterocycles. The van der Waals surface area contributed by atoms with Crippen LogP contribution in [0.25, 0.3) is 0 Å². The fraction of sp³-hybridized carbons (Fsp3) is 0.333. The van der Waals surface area contributed by atoms with Gasteiger partial charge in [-0.2, -0.15) is 13.2 Å². The van der Waals surface area contributed by atoms with Gasteiger partial charge in [-0.25, -0.2) is 9.59 Å². The zero-order valence-electron chi connectivity index (χ0n) is 10.2. The summed E-state index contributed by atoms with van der Waals surface area (Å²) in [6.45, 7) is 0. The highest BCUT2D eigenvalue weighted by atomic mass is 19.4. The number of carbonyl (C=O) groups is 2. The molecule has 0 bridgehead atoms. The van der Waals surface area contributed by atoms with Gasteiger partial charge in [-0.15, -0.1) is 5.06 Å². The monoisotopic (exact) mass is 288 g/mol. The van der Waals surface area contributed by atoms with Gasteiger partial charge in [0.15, 0.2) is 0 Å². The average molecular weight is 288 g/mol.